The van der Waals surface area contributed by atoms with Crippen LogP contribution in [0, 0.1) is 0 Å². The summed E-state index contributed by atoms with van der Waals surface area (Å²) >= 11 is 1.04. The van der Waals surface area contributed by atoms with Crippen molar-refractivity contribution in [2.24, 2.45) is 0 Å². The van der Waals surface area contributed by atoms with Crippen LogP contribution in [0.4, 0.5) is 5.13 Å². The van der Waals surface area contributed by atoms with Crippen LogP contribution < -0.4 is 64.4 Å². The summed E-state index contributed by atoms with van der Waals surface area (Å²) in [7, 11) is -10.1. The monoisotopic (exact) mass is 398 g/mol. The molecule has 1 heterocycles. The fraction of sp³-hybridized carbons (Fsp3) is 0.100. The average molecular weight is 398 g/mol. The van der Waals surface area contributed by atoms with E-state index in [1.807, 2.05) is 30.3 Å². The first-order chi connectivity index (χ1) is 9.68. The first kappa shape index (κ1) is 23.9. The van der Waals surface area contributed by atoms with Crippen molar-refractivity contribution >= 4 is 31.7 Å². The van der Waals surface area contributed by atoms with Gasteiger partial charge >= 0.3 is 74.3 Å². The molecule has 0 aliphatic heterocycles. The van der Waals surface area contributed by atoms with Gasteiger partial charge in [-0.1, -0.05) is 41.7 Å². The van der Waals surface area contributed by atoms with E-state index >= 15 is 0 Å². The molecular weight excluding hydrogens is 384 g/mol. The van der Waals surface area contributed by atoms with Gasteiger partial charge in [0.05, 0.1) is 4.88 Å². The van der Waals surface area contributed by atoms with E-state index in [1.54, 1.807) is 0 Å². The summed E-state index contributed by atoms with van der Waals surface area (Å²) in [6.07, 6.45) is 1.46. The zero-order chi connectivity index (χ0) is 15.7. The van der Waals surface area contributed by atoms with Crippen molar-refractivity contribution in [2.75, 3.05) is 5.32 Å². The quantitative estimate of drug-likeness (QED) is 0.254. The number of nitrogens with one attached hydrogen (secondary N) is 1. The van der Waals surface area contributed by atoms with E-state index in [2.05, 4.69) is 10.3 Å². The smallest absolute Gasteiger partial charge is 1.00 e. The number of hydrogen-bond donors (Lipinski definition) is 5. The Morgan fingerprint density at radius 3 is 2.04 bits per heavy atom. The molecule has 13 heteroatoms. The molecule has 0 saturated heterocycles. The molecule has 0 radical (unpaired) electrons. The summed E-state index contributed by atoms with van der Waals surface area (Å²) in [5.41, 5.74) is -1.47. The van der Waals surface area contributed by atoms with Gasteiger partial charge in [-0.15, -0.1) is 0 Å². The molecule has 0 fully saturated rings. The Bertz CT molecular complexity index is 707. The molecule has 1 aromatic heterocycles. The van der Waals surface area contributed by atoms with Crippen LogP contribution in [0.5, 0.6) is 0 Å². The van der Waals surface area contributed by atoms with Crippen molar-refractivity contribution < 1.29 is 90.7 Å². The number of aromatic nitrogens is 1. The van der Waals surface area contributed by atoms with Gasteiger partial charge in [0.2, 0.25) is 5.52 Å². The molecule has 2 aromatic rings. The van der Waals surface area contributed by atoms with Gasteiger partial charge < -0.3 is 27.7 Å². The van der Waals surface area contributed by atoms with Gasteiger partial charge in [-0.05, 0) is 5.56 Å². The molecular formula is C10H14N2Na2O6P2S. The fourth-order valence-corrected chi connectivity index (χ4v) is 4.72. The summed E-state index contributed by atoms with van der Waals surface area (Å²) in [4.78, 5) is 40.7. The minimum absolute atomic E-state index is 0. The molecule has 0 aliphatic rings. The van der Waals surface area contributed by atoms with E-state index in [9.17, 15) is 9.13 Å². The maximum absolute atomic E-state index is 11.2. The van der Waals surface area contributed by atoms with Crippen molar-refractivity contribution in [2.45, 2.75) is 5.52 Å². The molecule has 0 amide bonds. The predicted molar refractivity (Wildman–Crippen MR) is 81.3 cm³/mol. The summed E-state index contributed by atoms with van der Waals surface area (Å²) < 4.78 is 22.4. The molecule has 0 bridgehead atoms. The Labute approximate surface area is 183 Å². The zero-order valence-electron chi connectivity index (χ0n) is 14.4. The molecule has 2 rings (SSSR count). The minimum atomic E-state index is -5.03. The molecule has 8 nitrogen and oxygen atoms in total. The molecule has 0 atom stereocenters. The van der Waals surface area contributed by atoms with E-state index in [0.717, 1.165) is 16.9 Å². The summed E-state index contributed by atoms with van der Waals surface area (Å²) in [5, 5.41) is 2.15. The maximum atomic E-state index is 11.2. The Kier molecular flexibility index (Phi) is 9.99. The molecule has 118 valence electrons. The number of anilines is 1. The van der Waals surface area contributed by atoms with E-state index in [0.29, 0.717) is 4.88 Å². The first-order valence-corrected chi connectivity index (χ1v) is 9.74. The van der Waals surface area contributed by atoms with Gasteiger partial charge in [0.1, 0.15) is 0 Å². The first-order valence-electron chi connectivity index (χ1n) is 5.56. The van der Waals surface area contributed by atoms with Crippen LogP contribution in [0.3, 0.4) is 0 Å². The van der Waals surface area contributed by atoms with Crippen LogP contribution in [0.25, 0.3) is 10.4 Å². The van der Waals surface area contributed by atoms with Crippen LogP contribution in [0.2, 0.25) is 0 Å². The molecule has 0 aliphatic carbocycles. The Hall–Kier alpha value is 0.950. The van der Waals surface area contributed by atoms with Gasteiger partial charge in [-0.25, -0.2) is 4.98 Å². The summed E-state index contributed by atoms with van der Waals surface area (Å²) in [5.74, 6) is 0. The van der Waals surface area contributed by atoms with Crippen molar-refractivity contribution in [1.82, 2.24) is 4.98 Å². The van der Waals surface area contributed by atoms with Crippen LogP contribution in [0.15, 0.2) is 36.5 Å². The minimum Gasteiger partial charge on any atom is -1.00 e. The molecule has 1 aromatic carbocycles. The normalized spacial score (nSPS) is 11.5. The molecule has 23 heavy (non-hydrogen) atoms. The standard InChI is InChI=1S/C10H12N2O6P2S.2Na.2H/c13-19(14,15)10(20(16,17)18)12-9-11-6-8(21-9)7-4-2-1-3-5-7;;;;/h1-6,10H,(H,11,12)(H2,13,14,15)(H2,16,17,18);;;;/q;2*+1;2*-1. The summed E-state index contributed by atoms with van der Waals surface area (Å²) in [6.45, 7) is 0. The summed E-state index contributed by atoms with van der Waals surface area (Å²) in [6, 6.07) is 9.11. The molecule has 5 N–H and O–H groups in total. The number of benzene rings is 1. The Morgan fingerprint density at radius 1 is 1.04 bits per heavy atom. The zero-order valence-corrected chi connectivity index (χ0v) is 19.0. The van der Waals surface area contributed by atoms with Crippen molar-refractivity contribution in [3.63, 3.8) is 0 Å². The third-order valence-electron chi connectivity index (χ3n) is 2.45. The number of rotatable bonds is 5. The second kappa shape index (κ2) is 9.59. The molecule has 0 spiro atoms. The van der Waals surface area contributed by atoms with Crippen LogP contribution in [0.1, 0.15) is 2.85 Å². The fourth-order valence-electron chi connectivity index (χ4n) is 1.55. The van der Waals surface area contributed by atoms with Gasteiger partial charge in [0, 0.05) is 6.20 Å². The number of nitrogens with zero attached hydrogens (tertiary/aromatic N) is 1. The van der Waals surface area contributed by atoms with E-state index in [4.69, 9.17) is 19.6 Å². The number of thiazole rings is 1. The third-order valence-corrected chi connectivity index (χ3v) is 6.77. The second-order valence-corrected chi connectivity index (χ2v) is 8.92. The Balaban J connectivity index is -0.00000121. The molecule has 0 unspecified atom stereocenters. The average Bonchev–Trinajstić information content (AvgIpc) is 2.83. The topological polar surface area (TPSA) is 140 Å². The van der Waals surface area contributed by atoms with Gasteiger partial charge in [-0.3, -0.25) is 9.13 Å². The van der Waals surface area contributed by atoms with E-state index < -0.39 is 20.7 Å². The van der Waals surface area contributed by atoms with Gasteiger partial charge in [-0.2, -0.15) is 0 Å². The Morgan fingerprint density at radius 2 is 1.57 bits per heavy atom. The van der Waals surface area contributed by atoms with Gasteiger partial charge in [0.15, 0.2) is 5.13 Å². The second-order valence-electron chi connectivity index (χ2n) is 4.09. The van der Waals surface area contributed by atoms with E-state index in [1.165, 1.54) is 6.20 Å². The van der Waals surface area contributed by atoms with Crippen molar-refractivity contribution in [3.8, 4) is 10.4 Å². The van der Waals surface area contributed by atoms with Crippen LogP contribution >= 0.6 is 26.5 Å². The van der Waals surface area contributed by atoms with Crippen molar-refractivity contribution in [1.29, 1.82) is 0 Å². The van der Waals surface area contributed by atoms with Crippen molar-refractivity contribution in [3.05, 3.63) is 36.5 Å². The largest absolute Gasteiger partial charge is 1.00 e. The maximum Gasteiger partial charge on any atom is 1.00 e. The predicted octanol–water partition coefficient (Wildman–Crippen LogP) is -3.91. The van der Waals surface area contributed by atoms with Crippen LogP contribution in [-0.4, -0.2) is 30.1 Å². The van der Waals surface area contributed by atoms with Crippen LogP contribution in [-0.2, 0) is 9.13 Å². The van der Waals surface area contributed by atoms with Gasteiger partial charge in [0.25, 0.3) is 0 Å². The van der Waals surface area contributed by atoms with E-state index in [-0.39, 0.29) is 67.1 Å². The number of hydrogen-bond acceptors (Lipinski definition) is 5. The SMILES string of the molecule is O=P(O)(O)C(Nc1ncc(-c2ccccc2)s1)P(=O)(O)O.[H-].[H-].[Na+].[Na+]. The molecule has 0 saturated carbocycles. The third kappa shape index (κ3) is 6.99.